The first-order valence-electron chi connectivity index (χ1n) is 6.61. The van der Waals surface area contributed by atoms with Crippen LogP contribution in [0.1, 0.15) is 44.0 Å². The van der Waals surface area contributed by atoms with Gasteiger partial charge in [-0.15, -0.1) is 0 Å². The molecule has 104 valence electrons. The summed E-state index contributed by atoms with van der Waals surface area (Å²) in [5.41, 5.74) is 0.780. The highest BCUT2D eigenvalue weighted by Gasteiger charge is 2.28. The number of nitrogens with one attached hydrogen (secondary N) is 2. The van der Waals surface area contributed by atoms with Gasteiger partial charge in [0.1, 0.15) is 22.8 Å². The van der Waals surface area contributed by atoms with Gasteiger partial charge in [-0.3, -0.25) is 4.79 Å². The summed E-state index contributed by atoms with van der Waals surface area (Å²) in [6.07, 6.45) is 2.23. The Morgan fingerprint density at radius 3 is 2.74 bits per heavy atom. The predicted molar refractivity (Wildman–Crippen MR) is 75.5 cm³/mol. The predicted octanol–water partition coefficient (Wildman–Crippen LogP) is 2.25. The maximum atomic E-state index is 11.7. The van der Waals surface area contributed by atoms with Crippen LogP contribution in [0, 0.1) is 6.92 Å². The molecule has 0 aliphatic heterocycles. The Morgan fingerprint density at radius 1 is 1.47 bits per heavy atom. The van der Waals surface area contributed by atoms with E-state index in [1.165, 1.54) is 0 Å². The molecule has 6 heteroatoms. The number of nitrogens with zero attached hydrogens (tertiary/aromatic N) is 2. The normalized spacial score (nSPS) is 16.0. The molecule has 5 nitrogen and oxygen atoms in total. The molecule has 1 aliphatic rings. The van der Waals surface area contributed by atoms with Crippen molar-refractivity contribution >= 4 is 23.3 Å². The SMILES string of the molecule is CCNC(=O)C(C)Nc1nc(C2CC2)nc(Cl)c1C. The van der Waals surface area contributed by atoms with Crippen molar-refractivity contribution in [3.63, 3.8) is 0 Å². The zero-order valence-electron chi connectivity index (χ0n) is 11.5. The third-order valence-corrected chi connectivity index (χ3v) is 3.51. The van der Waals surface area contributed by atoms with Crippen molar-refractivity contribution in [2.45, 2.75) is 45.6 Å². The maximum Gasteiger partial charge on any atom is 0.242 e. The van der Waals surface area contributed by atoms with Gasteiger partial charge in [-0.05, 0) is 33.6 Å². The number of hydrogen-bond acceptors (Lipinski definition) is 4. The van der Waals surface area contributed by atoms with E-state index >= 15 is 0 Å². The summed E-state index contributed by atoms with van der Waals surface area (Å²) < 4.78 is 0. The van der Waals surface area contributed by atoms with Crippen LogP contribution in [-0.2, 0) is 4.79 Å². The van der Waals surface area contributed by atoms with Gasteiger partial charge in [0, 0.05) is 18.0 Å². The van der Waals surface area contributed by atoms with Crippen molar-refractivity contribution in [1.29, 1.82) is 0 Å². The fourth-order valence-corrected chi connectivity index (χ4v) is 1.94. The van der Waals surface area contributed by atoms with Crippen molar-refractivity contribution < 1.29 is 4.79 Å². The molecule has 1 atom stereocenters. The Balaban J connectivity index is 2.16. The molecule has 2 rings (SSSR count). The van der Waals surface area contributed by atoms with Crippen LogP contribution in [0.25, 0.3) is 0 Å². The van der Waals surface area contributed by atoms with E-state index in [2.05, 4.69) is 20.6 Å². The summed E-state index contributed by atoms with van der Waals surface area (Å²) in [6, 6.07) is -0.350. The Morgan fingerprint density at radius 2 is 2.16 bits per heavy atom. The lowest BCUT2D eigenvalue weighted by molar-refractivity contribution is -0.121. The number of hydrogen-bond donors (Lipinski definition) is 2. The van der Waals surface area contributed by atoms with Crippen molar-refractivity contribution in [2.75, 3.05) is 11.9 Å². The van der Waals surface area contributed by atoms with Gasteiger partial charge in [0.15, 0.2) is 0 Å². The first-order valence-corrected chi connectivity index (χ1v) is 6.99. The summed E-state index contributed by atoms with van der Waals surface area (Å²) >= 11 is 6.12. The summed E-state index contributed by atoms with van der Waals surface area (Å²) in [6.45, 7) is 6.16. The Bertz CT molecular complexity index is 488. The third-order valence-electron chi connectivity index (χ3n) is 3.14. The minimum atomic E-state index is -0.350. The van der Waals surface area contributed by atoms with E-state index in [1.54, 1.807) is 6.92 Å². The summed E-state index contributed by atoms with van der Waals surface area (Å²) in [4.78, 5) is 20.5. The van der Waals surface area contributed by atoms with Crippen LogP contribution in [0.5, 0.6) is 0 Å². The number of carbonyl (C=O) groups is 1. The molecular weight excluding hydrogens is 264 g/mol. The molecule has 1 amide bonds. The van der Waals surface area contributed by atoms with E-state index < -0.39 is 0 Å². The fourth-order valence-electron chi connectivity index (χ4n) is 1.77. The average Bonchev–Trinajstić information content (AvgIpc) is 3.19. The van der Waals surface area contributed by atoms with Gasteiger partial charge in [-0.25, -0.2) is 9.97 Å². The molecule has 1 aromatic heterocycles. The van der Waals surface area contributed by atoms with Crippen molar-refractivity contribution in [3.8, 4) is 0 Å². The number of aromatic nitrogens is 2. The lowest BCUT2D eigenvalue weighted by atomic mass is 10.2. The lowest BCUT2D eigenvalue weighted by Gasteiger charge is -2.16. The van der Waals surface area contributed by atoms with Gasteiger partial charge >= 0.3 is 0 Å². The molecule has 0 spiro atoms. The summed E-state index contributed by atoms with van der Waals surface area (Å²) in [7, 11) is 0. The molecule has 19 heavy (non-hydrogen) atoms. The maximum absolute atomic E-state index is 11.7. The molecule has 0 saturated heterocycles. The molecule has 1 aromatic rings. The Labute approximate surface area is 118 Å². The molecular formula is C13H19ClN4O. The Kier molecular flexibility index (Phi) is 4.24. The second-order valence-electron chi connectivity index (χ2n) is 4.88. The topological polar surface area (TPSA) is 66.9 Å². The van der Waals surface area contributed by atoms with Crippen LogP contribution in [-0.4, -0.2) is 28.5 Å². The minimum absolute atomic E-state index is 0.0513. The van der Waals surface area contributed by atoms with E-state index in [0.29, 0.717) is 23.4 Å². The van der Waals surface area contributed by atoms with E-state index in [9.17, 15) is 4.79 Å². The van der Waals surface area contributed by atoms with E-state index in [0.717, 1.165) is 24.2 Å². The largest absolute Gasteiger partial charge is 0.358 e. The quantitative estimate of drug-likeness (QED) is 0.813. The number of likely N-dealkylation sites (N-methyl/N-ethyl adjacent to an activating group) is 1. The zero-order valence-corrected chi connectivity index (χ0v) is 12.2. The van der Waals surface area contributed by atoms with Gasteiger partial charge in [-0.2, -0.15) is 0 Å². The van der Waals surface area contributed by atoms with Gasteiger partial charge in [-0.1, -0.05) is 11.6 Å². The van der Waals surface area contributed by atoms with Crippen LogP contribution in [0.4, 0.5) is 5.82 Å². The van der Waals surface area contributed by atoms with Crippen LogP contribution in [0.15, 0.2) is 0 Å². The molecule has 1 aliphatic carbocycles. The smallest absolute Gasteiger partial charge is 0.242 e. The molecule has 0 bridgehead atoms. The van der Waals surface area contributed by atoms with Gasteiger partial charge < -0.3 is 10.6 Å². The molecule has 1 unspecified atom stereocenters. The number of halogens is 1. The number of anilines is 1. The number of carbonyl (C=O) groups excluding carboxylic acids is 1. The molecule has 0 aromatic carbocycles. The zero-order chi connectivity index (χ0) is 14.0. The molecule has 1 heterocycles. The van der Waals surface area contributed by atoms with E-state index in [1.807, 2.05) is 13.8 Å². The first-order chi connectivity index (χ1) is 9.02. The van der Waals surface area contributed by atoms with Crippen molar-refractivity contribution in [2.24, 2.45) is 0 Å². The molecule has 1 fully saturated rings. The highest BCUT2D eigenvalue weighted by atomic mass is 35.5. The monoisotopic (exact) mass is 282 g/mol. The highest BCUT2D eigenvalue weighted by molar-refractivity contribution is 6.30. The highest BCUT2D eigenvalue weighted by Crippen LogP contribution is 2.39. The summed E-state index contributed by atoms with van der Waals surface area (Å²) in [5, 5.41) is 6.34. The molecule has 0 radical (unpaired) electrons. The van der Waals surface area contributed by atoms with Crippen LogP contribution in [0.2, 0.25) is 5.15 Å². The fraction of sp³-hybridized carbons (Fsp3) is 0.615. The van der Waals surface area contributed by atoms with Crippen LogP contribution >= 0.6 is 11.6 Å². The van der Waals surface area contributed by atoms with Gasteiger partial charge in [0.05, 0.1) is 0 Å². The molecule has 2 N–H and O–H groups in total. The van der Waals surface area contributed by atoms with Gasteiger partial charge in [0.25, 0.3) is 0 Å². The first kappa shape index (κ1) is 14.1. The number of amides is 1. The van der Waals surface area contributed by atoms with E-state index in [-0.39, 0.29) is 11.9 Å². The van der Waals surface area contributed by atoms with E-state index in [4.69, 9.17) is 11.6 Å². The lowest BCUT2D eigenvalue weighted by Crippen LogP contribution is -2.37. The van der Waals surface area contributed by atoms with Crippen LogP contribution < -0.4 is 10.6 Å². The summed E-state index contributed by atoms with van der Waals surface area (Å²) in [5.74, 6) is 1.81. The number of rotatable bonds is 5. The standard InChI is InChI=1S/C13H19ClN4O/c1-4-15-13(19)8(3)16-11-7(2)10(14)17-12(18-11)9-5-6-9/h8-9H,4-6H2,1-3H3,(H,15,19)(H,16,17,18). The van der Waals surface area contributed by atoms with Gasteiger partial charge in [0.2, 0.25) is 5.91 Å². The average molecular weight is 283 g/mol. The van der Waals surface area contributed by atoms with Crippen LogP contribution in [0.3, 0.4) is 0 Å². The molecule has 1 saturated carbocycles. The van der Waals surface area contributed by atoms with Crippen molar-refractivity contribution in [1.82, 2.24) is 15.3 Å². The minimum Gasteiger partial charge on any atom is -0.358 e. The third kappa shape index (κ3) is 3.35. The Hall–Kier alpha value is -1.36. The second-order valence-corrected chi connectivity index (χ2v) is 5.24. The van der Waals surface area contributed by atoms with Crippen molar-refractivity contribution in [3.05, 3.63) is 16.5 Å². The second kappa shape index (κ2) is 5.74.